The van der Waals surface area contributed by atoms with Crippen LogP contribution in [-0.4, -0.2) is 4.90 Å². The summed E-state index contributed by atoms with van der Waals surface area (Å²) < 4.78 is 0. The van der Waals surface area contributed by atoms with Crippen LogP contribution in [0.15, 0.2) is 43.1 Å². The van der Waals surface area contributed by atoms with Crippen LogP contribution in [0.4, 0.5) is 0 Å². The van der Waals surface area contributed by atoms with Gasteiger partial charge < -0.3 is 4.90 Å². The van der Waals surface area contributed by atoms with Gasteiger partial charge in [-0.3, -0.25) is 0 Å². The molecule has 1 aliphatic heterocycles. The average Bonchev–Trinajstić information content (AvgIpc) is 1.90. The SMILES string of the molecule is C=CN1C=C=CC=C1. The van der Waals surface area contributed by atoms with Crippen molar-refractivity contribution in [3.05, 3.63) is 43.1 Å². The molecule has 40 valence electrons. The largest absolute Gasteiger partial charge is 0.324 e. The summed E-state index contributed by atoms with van der Waals surface area (Å²) in [5.74, 6) is 0. The van der Waals surface area contributed by atoms with E-state index in [1.165, 1.54) is 0 Å². The molecular weight excluding hydrogens is 98.1 g/mol. The van der Waals surface area contributed by atoms with Gasteiger partial charge in [0.05, 0.1) is 6.20 Å². The maximum atomic E-state index is 3.57. The summed E-state index contributed by atoms with van der Waals surface area (Å²) in [7, 11) is 0. The van der Waals surface area contributed by atoms with Crippen LogP contribution in [-0.2, 0) is 0 Å². The van der Waals surface area contributed by atoms with Crippen LogP contribution in [0, 0.1) is 0 Å². The van der Waals surface area contributed by atoms with E-state index in [9.17, 15) is 0 Å². The van der Waals surface area contributed by atoms with E-state index in [1.54, 1.807) is 6.20 Å². The van der Waals surface area contributed by atoms with Crippen LogP contribution < -0.4 is 0 Å². The van der Waals surface area contributed by atoms with Crippen molar-refractivity contribution in [2.24, 2.45) is 0 Å². The Bertz CT molecular complexity index is 171. The quantitative estimate of drug-likeness (QED) is 0.458. The van der Waals surface area contributed by atoms with Gasteiger partial charge in [0.2, 0.25) is 0 Å². The number of allylic oxidation sites excluding steroid dienone is 2. The fourth-order valence-electron chi connectivity index (χ4n) is 0.484. The Labute approximate surface area is 48.9 Å². The molecule has 1 aliphatic rings. The molecule has 8 heavy (non-hydrogen) atoms. The lowest BCUT2D eigenvalue weighted by atomic mass is 10.5. The van der Waals surface area contributed by atoms with Gasteiger partial charge in [-0.25, -0.2) is 0 Å². The van der Waals surface area contributed by atoms with Crippen LogP contribution in [0.3, 0.4) is 0 Å². The summed E-state index contributed by atoms with van der Waals surface area (Å²) in [4.78, 5) is 1.83. The van der Waals surface area contributed by atoms with E-state index in [1.807, 2.05) is 29.5 Å². The summed E-state index contributed by atoms with van der Waals surface area (Å²) in [5.41, 5.74) is 2.90. The highest BCUT2D eigenvalue weighted by Gasteiger charge is 1.83. The third kappa shape index (κ3) is 0.895. The molecule has 0 saturated carbocycles. The molecule has 0 fully saturated rings. The van der Waals surface area contributed by atoms with Crippen molar-refractivity contribution in [3.8, 4) is 0 Å². The van der Waals surface area contributed by atoms with E-state index >= 15 is 0 Å². The highest BCUT2D eigenvalue weighted by atomic mass is 15.1. The first-order valence-electron chi connectivity index (χ1n) is 2.43. The van der Waals surface area contributed by atoms with Gasteiger partial charge in [0.1, 0.15) is 0 Å². The van der Waals surface area contributed by atoms with Crippen LogP contribution in [0.2, 0.25) is 0 Å². The molecule has 1 nitrogen and oxygen atoms in total. The Morgan fingerprint density at radius 3 is 2.88 bits per heavy atom. The Balaban J connectivity index is 2.75. The zero-order chi connectivity index (χ0) is 5.82. The molecule has 0 aliphatic carbocycles. The molecule has 0 bridgehead atoms. The van der Waals surface area contributed by atoms with Gasteiger partial charge in [-0.05, 0) is 12.2 Å². The molecule has 1 heteroatoms. The first-order valence-corrected chi connectivity index (χ1v) is 2.43. The molecule has 1 heterocycles. The molecule has 0 unspecified atom stereocenters. The van der Waals surface area contributed by atoms with Crippen molar-refractivity contribution in [3.63, 3.8) is 0 Å². The molecule has 0 atom stereocenters. The van der Waals surface area contributed by atoms with Crippen molar-refractivity contribution in [1.82, 2.24) is 4.90 Å². The second-order valence-electron chi connectivity index (χ2n) is 1.43. The summed E-state index contributed by atoms with van der Waals surface area (Å²) in [5, 5.41) is 0. The minimum Gasteiger partial charge on any atom is -0.324 e. The maximum absolute atomic E-state index is 3.57. The van der Waals surface area contributed by atoms with Crippen LogP contribution in [0.1, 0.15) is 0 Å². The second-order valence-corrected chi connectivity index (χ2v) is 1.43. The Hall–Kier alpha value is -1.20. The van der Waals surface area contributed by atoms with Crippen molar-refractivity contribution in [1.29, 1.82) is 0 Å². The monoisotopic (exact) mass is 105 g/mol. The van der Waals surface area contributed by atoms with E-state index < -0.39 is 0 Å². The first kappa shape index (κ1) is 4.95. The lowest BCUT2D eigenvalue weighted by Gasteiger charge is -2.06. The topological polar surface area (TPSA) is 3.24 Å². The summed E-state index contributed by atoms with van der Waals surface area (Å²) >= 11 is 0. The molecule has 0 aromatic carbocycles. The van der Waals surface area contributed by atoms with Crippen molar-refractivity contribution in [2.45, 2.75) is 0 Å². The predicted octanol–water partition coefficient (Wildman–Crippen LogP) is 1.63. The van der Waals surface area contributed by atoms with Crippen LogP contribution in [0.25, 0.3) is 0 Å². The van der Waals surface area contributed by atoms with E-state index in [0.29, 0.717) is 0 Å². The molecule has 1 rings (SSSR count). The van der Waals surface area contributed by atoms with E-state index in [-0.39, 0.29) is 0 Å². The predicted molar refractivity (Wildman–Crippen MR) is 33.8 cm³/mol. The number of hydrogen-bond donors (Lipinski definition) is 0. The van der Waals surface area contributed by atoms with Gasteiger partial charge in [0.15, 0.2) is 0 Å². The average molecular weight is 105 g/mol. The van der Waals surface area contributed by atoms with E-state index in [0.717, 1.165) is 0 Å². The van der Waals surface area contributed by atoms with E-state index in [2.05, 4.69) is 12.3 Å². The fraction of sp³-hybridized carbons (Fsp3) is 0. The molecule has 0 radical (unpaired) electrons. The molecular formula is C7H7N. The lowest BCUT2D eigenvalue weighted by Crippen LogP contribution is -1.97. The summed E-state index contributed by atoms with van der Waals surface area (Å²) in [6.45, 7) is 3.57. The highest BCUT2D eigenvalue weighted by Crippen LogP contribution is 1.94. The zero-order valence-corrected chi connectivity index (χ0v) is 4.54. The maximum Gasteiger partial charge on any atom is 0.0505 e. The minimum absolute atomic E-state index is 1.72. The fourth-order valence-corrected chi connectivity index (χ4v) is 0.484. The third-order valence-corrected chi connectivity index (χ3v) is 0.885. The van der Waals surface area contributed by atoms with Gasteiger partial charge in [-0.1, -0.05) is 6.58 Å². The highest BCUT2D eigenvalue weighted by molar-refractivity contribution is 5.10. The number of nitrogens with zero attached hydrogens (tertiary/aromatic N) is 1. The van der Waals surface area contributed by atoms with Gasteiger partial charge in [-0.2, -0.15) is 0 Å². The summed E-state index contributed by atoms with van der Waals surface area (Å²) in [6.07, 6.45) is 9.19. The normalized spacial score (nSPS) is 14.8. The van der Waals surface area contributed by atoms with Gasteiger partial charge >= 0.3 is 0 Å². The minimum atomic E-state index is 1.72. The Kier molecular flexibility index (Phi) is 1.36. The van der Waals surface area contributed by atoms with Crippen LogP contribution >= 0.6 is 0 Å². The second kappa shape index (κ2) is 2.20. The number of hydrogen-bond acceptors (Lipinski definition) is 1. The smallest absolute Gasteiger partial charge is 0.0505 e. The molecule has 0 N–H and O–H groups in total. The number of rotatable bonds is 1. The first-order chi connectivity index (χ1) is 3.93. The standard InChI is InChI=1S/C7H7N/c1-2-8-6-4-3-5-7-8/h2-4,6-7H,1H2. The molecule has 0 aromatic rings. The molecule has 0 aromatic heterocycles. The van der Waals surface area contributed by atoms with Crippen molar-refractivity contribution >= 4 is 0 Å². The van der Waals surface area contributed by atoms with E-state index in [4.69, 9.17) is 0 Å². The van der Waals surface area contributed by atoms with Crippen molar-refractivity contribution < 1.29 is 0 Å². The van der Waals surface area contributed by atoms with Crippen molar-refractivity contribution in [2.75, 3.05) is 0 Å². The summed E-state index contributed by atoms with van der Waals surface area (Å²) in [6, 6.07) is 0. The Morgan fingerprint density at radius 1 is 1.62 bits per heavy atom. The Morgan fingerprint density at radius 2 is 2.50 bits per heavy atom. The van der Waals surface area contributed by atoms with Gasteiger partial charge in [0.25, 0.3) is 0 Å². The zero-order valence-electron chi connectivity index (χ0n) is 4.54. The molecule has 0 saturated heterocycles. The molecule has 0 amide bonds. The lowest BCUT2D eigenvalue weighted by molar-refractivity contribution is 0.693. The van der Waals surface area contributed by atoms with Gasteiger partial charge in [0, 0.05) is 12.4 Å². The van der Waals surface area contributed by atoms with Gasteiger partial charge in [-0.15, -0.1) is 5.73 Å². The molecule has 0 spiro atoms. The van der Waals surface area contributed by atoms with Crippen LogP contribution in [0.5, 0.6) is 0 Å². The third-order valence-electron chi connectivity index (χ3n) is 0.885.